The third-order valence-corrected chi connectivity index (χ3v) is 14.3. The molecule has 2 heterocycles. The first kappa shape index (κ1) is 29.8. The van der Waals surface area contributed by atoms with Crippen LogP contribution in [0.1, 0.15) is 99.8 Å². The molecular formula is C34H53N2O6. The van der Waals surface area contributed by atoms with Crippen LogP contribution in [0.2, 0.25) is 0 Å². The van der Waals surface area contributed by atoms with Crippen LogP contribution in [0.5, 0.6) is 0 Å². The van der Waals surface area contributed by atoms with E-state index < -0.39 is 23.2 Å². The monoisotopic (exact) mass is 585 g/mol. The maximum Gasteiger partial charge on any atom is 0.407 e. The van der Waals surface area contributed by atoms with Crippen LogP contribution in [0.3, 0.4) is 0 Å². The highest BCUT2D eigenvalue weighted by molar-refractivity contribution is 5.68. The van der Waals surface area contributed by atoms with Crippen molar-refractivity contribution in [3.63, 3.8) is 0 Å². The van der Waals surface area contributed by atoms with Gasteiger partial charge in [0.1, 0.15) is 24.4 Å². The molecule has 0 aromatic carbocycles. The minimum Gasteiger partial charge on any atom is -0.446 e. The Balaban J connectivity index is 1.14. The summed E-state index contributed by atoms with van der Waals surface area (Å²) in [5, 5.41) is 39.9. The largest absolute Gasteiger partial charge is 0.446 e. The van der Waals surface area contributed by atoms with E-state index in [1.165, 1.54) is 6.42 Å². The van der Waals surface area contributed by atoms with Gasteiger partial charge in [0, 0.05) is 29.8 Å². The van der Waals surface area contributed by atoms with E-state index in [4.69, 9.17) is 9.47 Å². The zero-order chi connectivity index (χ0) is 30.3. The molecule has 5 saturated carbocycles. The highest BCUT2D eigenvalue weighted by atomic mass is 16.6. The normalized spacial score (nSPS) is 49.4. The van der Waals surface area contributed by atoms with Crippen molar-refractivity contribution in [2.24, 2.45) is 44.8 Å². The molecule has 10 atom stereocenters. The Bertz CT molecular complexity index is 1120. The molecule has 5 N–H and O–H groups in total. The molecule has 8 heteroatoms. The van der Waals surface area contributed by atoms with Gasteiger partial charge in [0.25, 0.3) is 0 Å². The third-order valence-electron chi connectivity index (χ3n) is 14.3. The second-order valence-corrected chi connectivity index (χ2v) is 16.9. The average molecular weight is 586 g/mol. The lowest BCUT2D eigenvalue weighted by Crippen LogP contribution is -2.60. The molecule has 2 aliphatic heterocycles. The number of hydrogen-bond donors (Lipinski definition) is 5. The van der Waals surface area contributed by atoms with E-state index in [1.807, 2.05) is 0 Å². The highest BCUT2D eigenvalue weighted by Gasteiger charge is 2.85. The van der Waals surface area contributed by atoms with Crippen LogP contribution in [0.4, 0.5) is 4.79 Å². The standard InChI is InChI=1S/C34H53N2O6/c1-18-14-20(26(37)30(4,5)40)41-25-24(18)31(6)12-13-34-17-33(34)11-10-23(42-28(39)36-19-15-35-16-19)29(2,3)21(33)8-9-22(34)32(31,7)27(25)38/h18-19,21,23-24,26-27,35,37-38,40H,8-17H2,1-7H3,(H,36,39)/t18-,21+,23+,24+,26+,27+,31-,32-,33-,34+/m1/s1. The number of hydrogen-bond acceptors (Lipinski definition) is 7. The minimum atomic E-state index is -1.31. The fourth-order valence-electron chi connectivity index (χ4n) is 11.9. The highest BCUT2D eigenvalue weighted by Crippen LogP contribution is 2.90. The Morgan fingerprint density at radius 2 is 1.86 bits per heavy atom. The number of nitrogens with one attached hydrogen (secondary N) is 2. The lowest BCUT2D eigenvalue weighted by atomic mass is 9.41. The molecule has 7 rings (SSSR count). The number of aliphatic hydroxyl groups is 3. The zero-order valence-corrected chi connectivity index (χ0v) is 26.7. The lowest BCUT2D eigenvalue weighted by molar-refractivity contribution is -0.127. The second kappa shape index (κ2) is 9.08. The minimum absolute atomic E-state index is 0.0919. The first-order chi connectivity index (χ1) is 19.5. The summed E-state index contributed by atoms with van der Waals surface area (Å²) in [5.74, 6) is 2.34. The van der Waals surface area contributed by atoms with Gasteiger partial charge in [-0.25, -0.2) is 4.79 Å². The summed E-state index contributed by atoms with van der Waals surface area (Å²) in [4.78, 5) is 12.7. The summed E-state index contributed by atoms with van der Waals surface area (Å²) < 4.78 is 12.6. The van der Waals surface area contributed by atoms with Crippen molar-refractivity contribution in [2.45, 2.75) is 130 Å². The van der Waals surface area contributed by atoms with Crippen LogP contribution in [-0.4, -0.2) is 64.5 Å². The SMILES string of the molecule is C[C@@H]1C[C]([C@H](O)C(C)(C)O)O[C]2[C@H]1[C@@]1(C)CC[C@@]34C[C@@]35CC[C@H](OC(=O)NC3CNC3)C(C)(C)[C@@H]5CC[C]4[C@]1(C)[C@H]2O. The van der Waals surface area contributed by atoms with Crippen molar-refractivity contribution in [3.05, 3.63) is 18.1 Å². The van der Waals surface area contributed by atoms with Crippen LogP contribution in [0, 0.1) is 63.0 Å². The molecule has 8 nitrogen and oxygen atoms in total. The summed E-state index contributed by atoms with van der Waals surface area (Å²) >= 11 is 0. The van der Waals surface area contributed by atoms with Gasteiger partial charge < -0.3 is 35.4 Å². The second-order valence-electron chi connectivity index (χ2n) is 16.9. The zero-order valence-electron chi connectivity index (χ0n) is 26.7. The van der Waals surface area contributed by atoms with Crippen molar-refractivity contribution in [2.75, 3.05) is 13.1 Å². The molecule has 42 heavy (non-hydrogen) atoms. The van der Waals surface area contributed by atoms with Gasteiger partial charge in [0.2, 0.25) is 0 Å². The number of rotatable bonds is 4. The van der Waals surface area contributed by atoms with Crippen LogP contribution in [0.15, 0.2) is 0 Å². The number of carbonyl (C=O) groups excluding carboxylic acids is 1. The van der Waals surface area contributed by atoms with Gasteiger partial charge in [-0.15, -0.1) is 0 Å². The van der Waals surface area contributed by atoms with Crippen LogP contribution < -0.4 is 10.6 Å². The van der Waals surface area contributed by atoms with E-state index in [9.17, 15) is 20.1 Å². The molecular weight excluding hydrogens is 532 g/mol. The Morgan fingerprint density at radius 1 is 1.14 bits per heavy atom. The molecule has 5 aliphatic carbocycles. The van der Waals surface area contributed by atoms with Crippen LogP contribution in [0.25, 0.3) is 0 Å². The number of amides is 1. The smallest absolute Gasteiger partial charge is 0.407 e. The fourth-order valence-corrected chi connectivity index (χ4v) is 11.9. The lowest BCUT2D eigenvalue weighted by Gasteiger charge is -2.63. The molecule has 3 radical (unpaired) electrons. The summed E-state index contributed by atoms with van der Waals surface area (Å²) in [6.45, 7) is 16.4. The topological polar surface area (TPSA) is 120 Å². The number of aliphatic hydroxyl groups excluding tert-OH is 2. The van der Waals surface area contributed by atoms with Gasteiger partial charge in [-0.3, -0.25) is 0 Å². The van der Waals surface area contributed by atoms with Gasteiger partial charge in [-0.1, -0.05) is 34.6 Å². The van der Waals surface area contributed by atoms with Crippen molar-refractivity contribution in [1.29, 1.82) is 0 Å². The molecule has 2 spiro atoms. The molecule has 0 aromatic heterocycles. The predicted octanol–water partition coefficient (Wildman–Crippen LogP) is 4.28. The van der Waals surface area contributed by atoms with Crippen molar-refractivity contribution < 1.29 is 29.6 Å². The van der Waals surface area contributed by atoms with E-state index in [1.54, 1.807) is 19.8 Å². The van der Waals surface area contributed by atoms with Gasteiger partial charge in [0.05, 0.1) is 17.7 Å². The first-order valence-corrected chi connectivity index (χ1v) is 16.6. The predicted molar refractivity (Wildman–Crippen MR) is 157 cm³/mol. The van der Waals surface area contributed by atoms with Crippen LogP contribution in [-0.2, 0) is 9.47 Å². The van der Waals surface area contributed by atoms with Gasteiger partial charge in [-0.2, -0.15) is 0 Å². The fraction of sp³-hybridized carbons (Fsp3) is 0.882. The number of ether oxygens (including phenoxy) is 2. The maximum atomic E-state index is 12.7. The Morgan fingerprint density at radius 3 is 2.50 bits per heavy atom. The Hall–Kier alpha value is -0.930. The van der Waals surface area contributed by atoms with Gasteiger partial charge >= 0.3 is 6.09 Å². The Labute approximate surface area is 252 Å². The first-order valence-electron chi connectivity index (χ1n) is 16.6. The van der Waals surface area contributed by atoms with Gasteiger partial charge in [-0.05, 0) is 99.2 Å². The van der Waals surface area contributed by atoms with E-state index in [2.05, 4.69) is 45.3 Å². The number of alkyl carbamates (subject to hydrolysis) is 1. The van der Waals surface area contributed by atoms with Crippen molar-refractivity contribution in [1.82, 2.24) is 10.6 Å². The van der Waals surface area contributed by atoms with E-state index in [0.29, 0.717) is 24.5 Å². The molecule has 235 valence electrons. The molecule has 1 amide bonds. The summed E-state index contributed by atoms with van der Waals surface area (Å²) in [7, 11) is 0. The summed E-state index contributed by atoms with van der Waals surface area (Å²) in [6, 6.07) is 0.171. The van der Waals surface area contributed by atoms with E-state index in [-0.39, 0.29) is 51.7 Å². The van der Waals surface area contributed by atoms with Gasteiger partial charge in [0.15, 0.2) is 0 Å². The van der Waals surface area contributed by atoms with Crippen LogP contribution >= 0.6 is 0 Å². The maximum absolute atomic E-state index is 12.7. The van der Waals surface area contributed by atoms with Crippen molar-refractivity contribution in [3.8, 4) is 0 Å². The summed E-state index contributed by atoms with van der Waals surface area (Å²) in [6.07, 6.45) is 6.95. The molecule has 0 unspecified atom stereocenters. The molecule has 7 fully saturated rings. The van der Waals surface area contributed by atoms with E-state index >= 15 is 0 Å². The number of carbonyl (C=O) groups is 1. The summed E-state index contributed by atoms with van der Waals surface area (Å²) in [5.41, 5.74) is -1.62. The molecule has 0 aromatic rings. The average Bonchev–Trinajstić information content (AvgIpc) is 3.51. The quantitative estimate of drug-likeness (QED) is 0.334. The number of fused-ring (bicyclic) bond motifs is 4. The Kier molecular flexibility index (Phi) is 6.44. The molecule has 7 aliphatic rings. The molecule has 0 bridgehead atoms. The van der Waals surface area contributed by atoms with Crippen molar-refractivity contribution >= 4 is 6.09 Å². The third kappa shape index (κ3) is 3.62. The van der Waals surface area contributed by atoms with E-state index in [0.717, 1.165) is 51.6 Å². The molecule has 2 saturated heterocycles.